The summed E-state index contributed by atoms with van der Waals surface area (Å²) in [7, 11) is 1.55. The number of carbonyl (C=O) groups is 2. The van der Waals surface area contributed by atoms with Crippen LogP contribution in [0.1, 0.15) is 19.4 Å². The molecule has 0 aromatic heterocycles. The number of carboxylic acid groups (broad SMARTS) is 1. The van der Waals surface area contributed by atoms with Crippen LogP contribution in [0.15, 0.2) is 24.3 Å². The van der Waals surface area contributed by atoms with Gasteiger partial charge in [-0.15, -0.1) is 0 Å². The average molecular weight is 260 g/mol. The number of para-hydroxylation sites is 1. The molecule has 0 aliphatic rings. The maximum absolute atomic E-state index is 12.2. The number of benzene rings is 1. The van der Waals surface area contributed by atoms with Gasteiger partial charge in [0.15, 0.2) is 0 Å². The molecule has 0 aliphatic heterocycles. The minimum Gasteiger partial charge on any atom is -0.481 e. The van der Waals surface area contributed by atoms with E-state index in [0.717, 1.165) is 0 Å². The van der Waals surface area contributed by atoms with Crippen molar-refractivity contribution in [3.63, 3.8) is 0 Å². The Hall–Kier alpha value is -2.35. The molecule has 0 radical (unpaired) electrons. The molecule has 1 rings (SSSR count). The van der Waals surface area contributed by atoms with E-state index in [1.54, 1.807) is 38.2 Å². The van der Waals surface area contributed by atoms with Crippen molar-refractivity contribution in [1.82, 2.24) is 0 Å². The number of anilines is 1. The minimum atomic E-state index is -1.01. The van der Waals surface area contributed by atoms with Gasteiger partial charge < -0.3 is 10.0 Å². The molecule has 0 heterocycles. The molecule has 0 fully saturated rings. The molecule has 19 heavy (non-hydrogen) atoms. The first-order valence-corrected chi connectivity index (χ1v) is 5.89. The van der Waals surface area contributed by atoms with Crippen LogP contribution in [0.3, 0.4) is 0 Å². The first-order valence-electron chi connectivity index (χ1n) is 5.89. The second-order valence-electron chi connectivity index (χ2n) is 4.44. The van der Waals surface area contributed by atoms with E-state index in [-0.39, 0.29) is 5.91 Å². The van der Waals surface area contributed by atoms with E-state index in [9.17, 15) is 9.59 Å². The zero-order chi connectivity index (χ0) is 14.6. The smallest absolute Gasteiger partial charge is 0.307 e. The summed E-state index contributed by atoms with van der Waals surface area (Å²) in [6.45, 7) is 3.07. The highest BCUT2D eigenvalue weighted by Crippen LogP contribution is 2.22. The maximum atomic E-state index is 12.2. The summed E-state index contributed by atoms with van der Waals surface area (Å²) in [6.07, 6.45) is 0. The molecule has 0 saturated heterocycles. The zero-order valence-corrected chi connectivity index (χ0v) is 11.1. The SMILES string of the molecule is CC(C(=O)O)C(C)C(=O)N(C)c1ccccc1C#N. The summed E-state index contributed by atoms with van der Waals surface area (Å²) in [6, 6.07) is 8.73. The molecule has 0 spiro atoms. The third-order valence-electron chi connectivity index (χ3n) is 3.25. The fourth-order valence-electron chi connectivity index (χ4n) is 1.71. The Balaban J connectivity index is 3.00. The van der Waals surface area contributed by atoms with Gasteiger partial charge in [0.1, 0.15) is 6.07 Å². The summed E-state index contributed by atoms with van der Waals surface area (Å²) >= 11 is 0. The molecule has 5 heteroatoms. The van der Waals surface area contributed by atoms with E-state index >= 15 is 0 Å². The Bertz CT molecular complexity index is 534. The van der Waals surface area contributed by atoms with Crippen molar-refractivity contribution in [2.24, 2.45) is 11.8 Å². The van der Waals surface area contributed by atoms with Gasteiger partial charge in [-0.3, -0.25) is 9.59 Å². The predicted octanol–water partition coefficient (Wildman–Crippen LogP) is 1.88. The number of hydrogen-bond acceptors (Lipinski definition) is 3. The summed E-state index contributed by atoms with van der Waals surface area (Å²) in [5, 5.41) is 17.9. The van der Waals surface area contributed by atoms with Crippen LogP contribution in [-0.4, -0.2) is 24.0 Å². The maximum Gasteiger partial charge on any atom is 0.307 e. The Morgan fingerprint density at radius 3 is 2.37 bits per heavy atom. The third kappa shape index (κ3) is 3.10. The molecule has 1 aromatic carbocycles. The predicted molar refractivity (Wildman–Crippen MR) is 70.5 cm³/mol. The molecule has 2 unspecified atom stereocenters. The number of carboxylic acids is 1. The van der Waals surface area contributed by atoms with E-state index in [0.29, 0.717) is 11.3 Å². The summed E-state index contributed by atoms with van der Waals surface area (Å²) < 4.78 is 0. The summed E-state index contributed by atoms with van der Waals surface area (Å²) in [4.78, 5) is 24.5. The monoisotopic (exact) mass is 260 g/mol. The lowest BCUT2D eigenvalue weighted by Gasteiger charge is -2.24. The van der Waals surface area contributed by atoms with Gasteiger partial charge in [-0.25, -0.2) is 0 Å². The van der Waals surface area contributed by atoms with Crippen LogP contribution in [0.5, 0.6) is 0 Å². The van der Waals surface area contributed by atoms with Crippen molar-refractivity contribution in [1.29, 1.82) is 5.26 Å². The number of rotatable bonds is 4. The van der Waals surface area contributed by atoms with Crippen molar-refractivity contribution in [3.8, 4) is 6.07 Å². The van der Waals surface area contributed by atoms with Gasteiger partial charge in [0.2, 0.25) is 5.91 Å². The highest BCUT2D eigenvalue weighted by molar-refractivity contribution is 5.97. The van der Waals surface area contributed by atoms with Crippen molar-refractivity contribution < 1.29 is 14.7 Å². The van der Waals surface area contributed by atoms with Gasteiger partial charge in [0.05, 0.1) is 17.2 Å². The van der Waals surface area contributed by atoms with E-state index in [1.165, 1.54) is 11.8 Å². The topological polar surface area (TPSA) is 81.4 Å². The Kier molecular flexibility index (Phi) is 4.65. The molecule has 0 aliphatic carbocycles. The normalized spacial score (nSPS) is 13.2. The number of nitriles is 1. The van der Waals surface area contributed by atoms with E-state index in [4.69, 9.17) is 10.4 Å². The molecule has 2 atom stereocenters. The van der Waals surface area contributed by atoms with Gasteiger partial charge in [-0.05, 0) is 12.1 Å². The van der Waals surface area contributed by atoms with Crippen LogP contribution >= 0.6 is 0 Å². The van der Waals surface area contributed by atoms with Crippen LogP contribution in [0.4, 0.5) is 5.69 Å². The molecule has 1 aromatic rings. The molecular formula is C14H16N2O3. The quantitative estimate of drug-likeness (QED) is 0.896. The number of hydrogen-bond donors (Lipinski definition) is 1. The zero-order valence-electron chi connectivity index (χ0n) is 11.1. The van der Waals surface area contributed by atoms with Gasteiger partial charge in [0, 0.05) is 13.0 Å². The molecule has 0 saturated carbocycles. The van der Waals surface area contributed by atoms with Crippen LogP contribution in [0.25, 0.3) is 0 Å². The molecule has 1 N–H and O–H groups in total. The number of amides is 1. The van der Waals surface area contributed by atoms with Crippen LogP contribution in [0.2, 0.25) is 0 Å². The fraction of sp³-hybridized carbons (Fsp3) is 0.357. The second-order valence-corrected chi connectivity index (χ2v) is 4.44. The standard InChI is InChI=1S/C14H16N2O3/c1-9(10(2)14(18)19)13(17)16(3)12-7-5-4-6-11(12)8-15/h4-7,9-10H,1-3H3,(H,18,19). The molecule has 5 nitrogen and oxygen atoms in total. The second kappa shape index (κ2) is 6.01. The van der Waals surface area contributed by atoms with E-state index in [2.05, 4.69) is 0 Å². The van der Waals surface area contributed by atoms with Crippen molar-refractivity contribution in [2.45, 2.75) is 13.8 Å². The summed E-state index contributed by atoms with van der Waals surface area (Å²) in [5.41, 5.74) is 0.868. The molecular weight excluding hydrogens is 244 g/mol. The molecule has 1 amide bonds. The number of aliphatic carboxylic acids is 1. The van der Waals surface area contributed by atoms with Crippen LogP contribution < -0.4 is 4.90 Å². The van der Waals surface area contributed by atoms with Gasteiger partial charge in [0.25, 0.3) is 0 Å². The van der Waals surface area contributed by atoms with Gasteiger partial charge in [-0.2, -0.15) is 5.26 Å². The lowest BCUT2D eigenvalue weighted by Crippen LogP contribution is -2.37. The van der Waals surface area contributed by atoms with E-state index in [1.807, 2.05) is 6.07 Å². The molecule has 0 bridgehead atoms. The van der Waals surface area contributed by atoms with Gasteiger partial charge >= 0.3 is 5.97 Å². The Morgan fingerprint density at radius 1 is 1.26 bits per heavy atom. The van der Waals surface area contributed by atoms with Crippen molar-refractivity contribution >= 4 is 17.6 Å². The lowest BCUT2D eigenvalue weighted by atomic mass is 9.94. The third-order valence-corrected chi connectivity index (χ3v) is 3.25. The first kappa shape index (κ1) is 14.7. The lowest BCUT2D eigenvalue weighted by molar-refractivity contribution is -0.145. The van der Waals surface area contributed by atoms with E-state index < -0.39 is 17.8 Å². The fourth-order valence-corrected chi connectivity index (χ4v) is 1.71. The number of nitrogens with zero attached hydrogens (tertiary/aromatic N) is 2. The average Bonchev–Trinajstić information content (AvgIpc) is 2.43. The first-order chi connectivity index (χ1) is 8.90. The number of carbonyl (C=O) groups excluding carboxylic acids is 1. The largest absolute Gasteiger partial charge is 0.481 e. The summed E-state index contributed by atoms with van der Waals surface area (Å²) in [5.74, 6) is -2.76. The minimum absolute atomic E-state index is 0.322. The molecule has 100 valence electrons. The van der Waals surface area contributed by atoms with Crippen molar-refractivity contribution in [2.75, 3.05) is 11.9 Å². The van der Waals surface area contributed by atoms with Crippen LogP contribution in [0, 0.1) is 23.2 Å². The Labute approximate surface area is 112 Å². The van der Waals surface area contributed by atoms with Crippen molar-refractivity contribution in [3.05, 3.63) is 29.8 Å². The van der Waals surface area contributed by atoms with Gasteiger partial charge in [-0.1, -0.05) is 26.0 Å². The highest BCUT2D eigenvalue weighted by atomic mass is 16.4. The Morgan fingerprint density at radius 2 is 1.84 bits per heavy atom. The van der Waals surface area contributed by atoms with Crippen LogP contribution in [-0.2, 0) is 9.59 Å². The highest BCUT2D eigenvalue weighted by Gasteiger charge is 2.29.